The molecule has 0 aliphatic heterocycles. The Kier molecular flexibility index (Phi) is 7.28. The number of carbonyl (C=O) groups is 3. The molecule has 0 radical (unpaired) electrons. The van der Waals surface area contributed by atoms with E-state index in [1.807, 2.05) is 12.1 Å². The average molecular weight is 461 g/mol. The Balaban J connectivity index is 1.57. The van der Waals surface area contributed by atoms with Crippen LogP contribution in [0.15, 0.2) is 54.6 Å². The molecule has 3 aromatic rings. The fraction of sp³-hybridized carbons (Fsp3) is 0.143. The number of esters is 1. The van der Waals surface area contributed by atoms with Gasteiger partial charge in [0.25, 0.3) is 11.8 Å². The van der Waals surface area contributed by atoms with E-state index in [1.165, 1.54) is 4.68 Å². The van der Waals surface area contributed by atoms with E-state index in [4.69, 9.17) is 27.9 Å². The van der Waals surface area contributed by atoms with Gasteiger partial charge in [-0.05, 0) is 30.7 Å². The number of halogens is 2. The summed E-state index contributed by atoms with van der Waals surface area (Å²) in [4.78, 5) is 36.2. The van der Waals surface area contributed by atoms with E-state index in [2.05, 4.69) is 16.0 Å². The molecular weight excluding hydrogens is 443 g/mol. The second-order valence-electron chi connectivity index (χ2n) is 6.44. The quantitative estimate of drug-likeness (QED) is 0.434. The number of ether oxygens (including phenoxy) is 1. The van der Waals surface area contributed by atoms with Crippen molar-refractivity contribution in [1.82, 2.24) is 20.6 Å². The summed E-state index contributed by atoms with van der Waals surface area (Å²) in [7, 11) is 0. The Hall–Kier alpha value is -3.36. The Morgan fingerprint density at radius 1 is 1.00 bits per heavy atom. The smallest absolute Gasteiger partial charge is 0.343 e. The fourth-order valence-electron chi connectivity index (χ4n) is 2.71. The Morgan fingerprint density at radius 2 is 1.68 bits per heavy atom. The van der Waals surface area contributed by atoms with Crippen LogP contribution >= 0.6 is 23.2 Å². The van der Waals surface area contributed by atoms with Crippen LogP contribution in [-0.4, -0.2) is 34.2 Å². The molecule has 2 aromatic carbocycles. The van der Waals surface area contributed by atoms with Crippen LogP contribution in [0.5, 0.6) is 0 Å². The molecule has 1 heterocycles. The van der Waals surface area contributed by atoms with Gasteiger partial charge in [0.15, 0.2) is 6.61 Å². The highest BCUT2D eigenvalue weighted by Gasteiger charge is 2.23. The van der Waals surface area contributed by atoms with Crippen molar-refractivity contribution in [3.63, 3.8) is 0 Å². The number of nitrogens with zero attached hydrogens (tertiary/aromatic N) is 2. The molecule has 1 aromatic heterocycles. The lowest BCUT2D eigenvalue weighted by Gasteiger charge is -2.08. The van der Waals surface area contributed by atoms with Crippen LogP contribution in [0.4, 0.5) is 0 Å². The summed E-state index contributed by atoms with van der Waals surface area (Å²) >= 11 is 12.5. The molecule has 0 aliphatic rings. The van der Waals surface area contributed by atoms with Crippen molar-refractivity contribution >= 4 is 41.0 Å². The Morgan fingerprint density at radius 3 is 2.39 bits per heavy atom. The van der Waals surface area contributed by atoms with Crippen LogP contribution in [0.1, 0.15) is 32.0 Å². The van der Waals surface area contributed by atoms with Crippen molar-refractivity contribution in [2.45, 2.75) is 13.5 Å². The van der Waals surface area contributed by atoms with Gasteiger partial charge >= 0.3 is 5.97 Å². The Labute approximate surface area is 188 Å². The monoisotopic (exact) mass is 460 g/mol. The van der Waals surface area contributed by atoms with Crippen molar-refractivity contribution in [1.29, 1.82) is 0 Å². The molecule has 31 heavy (non-hydrogen) atoms. The van der Waals surface area contributed by atoms with Crippen molar-refractivity contribution < 1.29 is 19.1 Å². The second-order valence-corrected chi connectivity index (χ2v) is 7.21. The van der Waals surface area contributed by atoms with Gasteiger partial charge in [-0.2, -0.15) is 5.10 Å². The lowest BCUT2D eigenvalue weighted by atomic mass is 10.2. The minimum atomic E-state index is -0.808. The van der Waals surface area contributed by atoms with Crippen LogP contribution in [0, 0.1) is 6.92 Å². The van der Waals surface area contributed by atoms with Crippen molar-refractivity contribution in [3.8, 4) is 0 Å². The van der Waals surface area contributed by atoms with E-state index in [0.29, 0.717) is 16.3 Å². The molecule has 0 fully saturated rings. The molecule has 0 spiro atoms. The number of carbonyl (C=O) groups excluding carboxylic acids is 3. The number of hydrazine groups is 1. The van der Waals surface area contributed by atoms with Gasteiger partial charge in [0, 0.05) is 10.6 Å². The van der Waals surface area contributed by atoms with Gasteiger partial charge in [0.2, 0.25) is 0 Å². The predicted molar refractivity (Wildman–Crippen MR) is 115 cm³/mol. The van der Waals surface area contributed by atoms with E-state index >= 15 is 0 Å². The summed E-state index contributed by atoms with van der Waals surface area (Å²) < 4.78 is 6.44. The van der Waals surface area contributed by atoms with Gasteiger partial charge in [-0.15, -0.1) is 0 Å². The largest absolute Gasteiger partial charge is 0.452 e. The van der Waals surface area contributed by atoms with Crippen molar-refractivity contribution in [3.05, 3.63) is 87.2 Å². The number of nitrogens with one attached hydrogen (secondary N) is 2. The first-order valence-corrected chi connectivity index (χ1v) is 9.90. The van der Waals surface area contributed by atoms with E-state index in [-0.39, 0.29) is 17.3 Å². The standard InChI is InChI=1S/C21H18Cl2N4O4/c1-13-18(19(23)27(26-13)11-15-9-5-6-10-16(15)22)21(30)31-12-17(28)24-25-20(29)14-7-3-2-4-8-14/h2-10H,11-12H2,1H3,(H,24,28)(H,25,29). The van der Waals surface area contributed by atoms with E-state index in [9.17, 15) is 14.4 Å². The van der Waals surface area contributed by atoms with Gasteiger partial charge in [-0.1, -0.05) is 59.6 Å². The van der Waals surface area contributed by atoms with Gasteiger partial charge in [-0.25, -0.2) is 9.48 Å². The first-order valence-electron chi connectivity index (χ1n) is 9.14. The molecule has 0 saturated heterocycles. The molecule has 160 valence electrons. The third kappa shape index (κ3) is 5.62. The SMILES string of the molecule is Cc1nn(Cc2ccccc2Cl)c(Cl)c1C(=O)OCC(=O)NNC(=O)c1ccccc1. The van der Waals surface area contributed by atoms with E-state index in [0.717, 1.165) is 5.56 Å². The highest BCUT2D eigenvalue weighted by molar-refractivity contribution is 6.33. The summed E-state index contributed by atoms with van der Waals surface area (Å²) in [6, 6.07) is 15.5. The highest BCUT2D eigenvalue weighted by Crippen LogP contribution is 2.24. The zero-order valence-corrected chi connectivity index (χ0v) is 17.9. The summed E-state index contributed by atoms with van der Waals surface area (Å²) in [5.74, 6) is -2.02. The van der Waals surface area contributed by atoms with Gasteiger partial charge in [-0.3, -0.25) is 20.4 Å². The van der Waals surface area contributed by atoms with Crippen LogP contribution < -0.4 is 10.9 Å². The molecule has 0 bridgehead atoms. The maximum absolute atomic E-state index is 12.4. The number of rotatable bonds is 6. The fourth-order valence-corrected chi connectivity index (χ4v) is 3.21. The van der Waals surface area contributed by atoms with Gasteiger partial charge in [0.1, 0.15) is 10.7 Å². The Bertz CT molecular complexity index is 1120. The molecule has 10 heteroatoms. The van der Waals surface area contributed by atoms with E-state index < -0.39 is 24.4 Å². The maximum atomic E-state index is 12.4. The summed E-state index contributed by atoms with van der Waals surface area (Å²) in [6.07, 6.45) is 0. The number of hydrogen-bond acceptors (Lipinski definition) is 5. The molecule has 2 N–H and O–H groups in total. The second kappa shape index (κ2) is 10.1. The number of aryl methyl sites for hydroxylation is 1. The van der Waals surface area contributed by atoms with Gasteiger partial charge < -0.3 is 4.74 Å². The zero-order chi connectivity index (χ0) is 22.4. The summed E-state index contributed by atoms with van der Waals surface area (Å²) in [5, 5.41) is 4.87. The van der Waals surface area contributed by atoms with Gasteiger partial charge in [0.05, 0.1) is 12.2 Å². The first-order chi connectivity index (χ1) is 14.9. The van der Waals surface area contributed by atoms with Crippen LogP contribution in [0.3, 0.4) is 0 Å². The predicted octanol–water partition coefficient (Wildman–Crippen LogP) is 3.16. The molecule has 0 aliphatic carbocycles. The number of hydrogen-bond donors (Lipinski definition) is 2. The molecule has 2 amide bonds. The third-order valence-electron chi connectivity index (χ3n) is 4.23. The minimum Gasteiger partial charge on any atom is -0.452 e. The summed E-state index contributed by atoms with van der Waals surface area (Å²) in [5.41, 5.74) is 5.96. The molecule has 8 nitrogen and oxygen atoms in total. The molecule has 0 saturated carbocycles. The first kappa shape index (κ1) is 22.3. The third-order valence-corrected chi connectivity index (χ3v) is 4.99. The highest BCUT2D eigenvalue weighted by atomic mass is 35.5. The summed E-state index contributed by atoms with van der Waals surface area (Å²) in [6.45, 7) is 1.25. The maximum Gasteiger partial charge on any atom is 0.343 e. The average Bonchev–Trinajstić information content (AvgIpc) is 3.05. The van der Waals surface area contributed by atoms with E-state index in [1.54, 1.807) is 49.4 Å². The van der Waals surface area contributed by atoms with Crippen molar-refractivity contribution in [2.24, 2.45) is 0 Å². The number of amides is 2. The lowest BCUT2D eigenvalue weighted by Crippen LogP contribution is -2.43. The topological polar surface area (TPSA) is 102 Å². The molecule has 3 rings (SSSR count). The number of benzene rings is 2. The lowest BCUT2D eigenvalue weighted by molar-refractivity contribution is -0.125. The van der Waals surface area contributed by atoms with Crippen molar-refractivity contribution in [2.75, 3.05) is 6.61 Å². The van der Waals surface area contributed by atoms with Crippen LogP contribution in [-0.2, 0) is 16.1 Å². The van der Waals surface area contributed by atoms with Crippen LogP contribution in [0.2, 0.25) is 10.2 Å². The zero-order valence-electron chi connectivity index (χ0n) is 16.4. The molecule has 0 unspecified atom stereocenters. The van der Waals surface area contributed by atoms with Crippen LogP contribution in [0.25, 0.3) is 0 Å². The normalized spacial score (nSPS) is 10.4. The molecular formula is C21H18Cl2N4O4. The molecule has 0 atom stereocenters. The minimum absolute atomic E-state index is 0.0508. The number of aromatic nitrogens is 2.